The normalized spacial score (nSPS) is 20.8. The van der Waals surface area contributed by atoms with Crippen molar-refractivity contribution >= 4 is 42.6 Å². The largest absolute Gasteiger partial charge is 0.497 e. The summed E-state index contributed by atoms with van der Waals surface area (Å²) in [5.74, 6) is 0.334. The fourth-order valence-corrected chi connectivity index (χ4v) is 7.61. The number of rotatable bonds is 7. The summed E-state index contributed by atoms with van der Waals surface area (Å²) in [5, 5.41) is 0.591. The highest BCUT2D eigenvalue weighted by atomic mass is 32.2. The number of aryl methyl sites for hydroxylation is 2. The number of ether oxygens (including phenoxy) is 2. The van der Waals surface area contributed by atoms with Crippen LogP contribution < -0.4 is 9.64 Å². The average molecular weight is 530 g/mol. The monoisotopic (exact) mass is 529 g/mol. The van der Waals surface area contributed by atoms with Gasteiger partial charge in [0.25, 0.3) is 0 Å². The Morgan fingerprint density at radius 1 is 1.17 bits per heavy atom. The summed E-state index contributed by atoms with van der Waals surface area (Å²) < 4.78 is 40.5. The Balaban J connectivity index is 1.49. The molecular formula is C26H31N3O5S2. The predicted octanol–water partition coefficient (Wildman–Crippen LogP) is 4.29. The molecule has 2 saturated heterocycles. The summed E-state index contributed by atoms with van der Waals surface area (Å²) in [5.41, 5.74) is 3.11. The maximum Gasteiger partial charge on any atom is 0.247 e. The SMILES string of the molecule is COc1ccc(S(=O)(=O)N2CCCC2C(=O)N(CC2CCCO2)c2nc3c(C)c(C)ccc3s2)cc1. The van der Waals surface area contributed by atoms with Crippen LogP contribution in [-0.4, -0.2) is 62.6 Å². The molecule has 0 aliphatic carbocycles. The smallest absolute Gasteiger partial charge is 0.247 e. The first-order valence-corrected chi connectivity index (χ1v) is 14.5. The molecule has 0 N–H and O–H groups in total. The summed E-state index contributed by atoms with van der Waals surface area (Å²) in [4.78, 5) is 20.7. The second kappa shape index (κ2) is 10.1. The molecule has 3 heterocycles. The van der Waals surface area contributed by atoms with E-state index in [1.54, 1.807) is 17.0 Å². The summed E-state index contributed by atoms with van der Waals surface area (Å²) in [6.45, 7) is 5.42. The molecule has 1 aromatic heterocycles. The van der Waals surface area contributed by atoms with Crippen molar-refractivity contribution in [3.8, 4) is 5.75 Å². The second-order valence-electron chi connectivity index (χ2n) is 9.38. The molecule has 0 saturated carbocycles. The molecule has 5 rings (SSSR count). The van der Waals surface area contributed by atoms with Crippen molar-refractivity contribution in [3.63, 3.8) is 0 Å². The van der Waals surface area contributed by atoms with Gasteiger partial charge in [-0.15, -0.1) is 0 Å². The first kappa shape index (κ1) is 25.1. The van der Waals surface area contributed by atoms with Crippen molar-refractivity contribution < 1.29 is 22.7 Å². The number of methoxy groups -OCH3 is 1. The maximum atomic E-state index is 14.1. The highest BCUT2D eigenvalue weighted by Crippen LogP contribution is 2.35. The summed E-state index contributed by atoms with van der Waals surface area (Å²) in [6, 6.07) is 9.60. The van der Waals surface area contributed by atoms with Crippen molar-refractivity contribution in [2.24, 2.45) is 0 Å². The summed E-state index contributed by atoms with van der Waals surface area (Å²) in [7, 11) is -2.32. The van der Waals surface area contributed by atoms with Crippen LogP contribution in [-0.2, 0) is 19.6 Å². The molecule has 2 aromatic carbocycles. The zero-order valence-electron chi connectivity index (χ0n) is 20.8. The van der Waals surface area contributed by atoms with E-state index in [0.717, 1.165) is 34.2 Å². The number of aromatic nitrogens is 1. The minimum atomic E-state index is -3.86. The van der Waals surface area contributed by atoms with Crippen molar-refractivity contribution in [3.05, 3.63) is 47.5 Å². The van der Waals surface area contributed by atoms with Gasteiger partial charge in [0.1, 0.15) is 11.8 Å². The number of nitrogens with zero attached hydrogens (tertiary/aromatic N) is 3. The van der Waals surface area contributed by atoms with Crippen LogP contribution in [0.5, 0.6) is 5.75 Å². The molecule has 2 fully saturated rings. The molecule has 8 nitrogen and oxygen atoms in total. The number of carbonyl (C=O) groups is 1. The molecule has 192 valence electrons. The fourth-order valence-electron chi connectivity index (χ4n) is 4.92. The van der Waals surface area contributed by atoms with Crippen LogP contribution in [0.15, 0.2) is 41.3 Å². The number of fused-ring (bicyclic) bond motifs is 1. The summed E-state index contributed by atoms with van der Waals surface area (Å²) in [6.07, 6.45) is 2.83. The number of carbonyl (C=O) groups excluding carboxylic acids is 1. The van der Waals surface area contributed by atoms with Gasteiger partial charge in [-0.05, 0) is 81.0 Å². The second-order valence-corrected chi connectivity index (χ2v) is 12.3. The van der Waals surface area contributed by atoms with E-state index in [4.69, 9.17) is 14.5 Å². The van der Waals surface area contributed by atoms with E-state index in [0.29, 0.717) is 43.4 Å². The maximum absolute atomic E-state index is 14.1. The Morgan fingerprint density at radius 2 is 1.94 bits per heavy atom. The molecule has 0 spiro atoms. The first-order valence-electron chi connectivity index (χ1n) is 12.2. The molecule has 2 aliphatic heterocycles. The number of amides is 1. The van der Waals surface area contributed by atoms with Gasteiger partial charge in [-0.2, -0.15) is 4.31 Å². The van der Waals surface area contributed by atoms with Crippen LogP contribution in [0.1, 0.15) is 36.8 Å². The van der Waals surface area contributed by atoms with Crippen molar-refractivity contribution in [2.75, 3.05) is 31.7 Å². The van der Waals surface area contributed by atoms with Gasteiger partial charge in [0, 0.05) is 13.2 Å². The van der Waals surface area contributed by atoms with Crippen molar-refractivity contribution in [1.82, 2.24) is 9.29 Å². The molecule has 2 unspecified atom stereocenters. The van der Waals surface area contributed by atoms with Crippen LogP contribution in [0.2, 0.25) is 0 Å². The molecule has 1 amide bonds. The Hall–Kier alpha value is -2.53. The van der Waals surface area contributed by atoms with Crippen LogP contribution in [0.4, 0.5) is 5.13 Å². The predicted molar refractivity (Wildman–Crippen MR) is 140 cm³/mol. The Bertz CT molecular complexity index is 1360. The minimum absolute atomic E-state index is 0.0863. The van der Waals surface area contributed by atoms with E-state index in [2.05, 4.69) is 6.07 Å². The highest BCUT2D eigenvalue weighted by Gasteiger charge is 2.42. The molecule has 2 aliphatic rings. The molecule has 3 aromatic rings. The number of hydrogen-bond donors (Lipinski definition) is 0. The Kier molecular flexibility index (Phi) is 7.04. The topological polar surface area (TPSA) is 89.0 Å². The van der Waals surface area contributed by atoms with Crippen molar-refractivity contribution in [2.45, 2.75) is 56.6 Å². The first-order chi connectivity index (χ1) is 17.3. The molecule has 0 radical (unpaired) electrons. The van der Waals surface area contributed by atoms with Gasteiger partial charge in [0.2, 0.25) is 15.9 Å². The van der Waals surface area contributed by atoms with E-state index in [9.17, 15) is 13.2 Å². The van der Waals surface area contributed by atoms with Crippen molar-refractivity contribution in [1.29, 1.82) is 0 Å². The van der Waals surface area contributed by atoms with Gasteiger partial charge in [0.15, 0.2) is 5.13 Å². The Morgan fingerprint density at radius 3 is 2.64 bits per heavy atom. The van der Waals surface area contributed by atoms with Crippen LogP contribution in [0.3, 0.4) is 0 Å². The minimum Gasteiger partial charge on any atom is -0.497 e. The molecule has 36 heavy (non-hydrogen) atoms. The van der Waals surface area contributed by atoms with E-state index >= 15 is 0 Å². The molecule has 0 bridgehead atoms. The third-order valence-corrected chi connectivity index (χ3v) is 10.1. The molecule has 2 atom stereocenters. The van der Waals surface area contributed by atoms with Gasteiger partial charge in [0.05, 0.1) is 34.9 Å². The lowest BCUT2D eigenvalue weighted by Crippen LogP contribution is -2.49. The van der Waals surface area contributed by atoms with E-state index in [-0.39, 0.29) is 16.9 Å². The fraction of sp³-hybridized carbons (Fsp3) is 0.462. The van der Waals surface area contributed by atoms with E-state index in [1.165, 1.54) is 34.9 Å². The van der Waals surface area contributed by atoms with Gasteiger partial charge in [-0.1, -0.05) is 17.4 Å². The average Bonchev–Trinajstić information content (AvgIpc) is 3.65. The van der Waals surface area contributed by atoms with Gasteiger partial charge >= 0.3 is 0 Å². The van der Waals surface area contributed by atoms with Crippen LogP contribution >= 0.6 is 11.3 Å². The molecule has 10 heteroatoms. The van der Waals surface area contributed by atoms with Gasteiger partial charge < -0.3 is 9.47 Å². The number of sulfonamides is 1. The molecular weight excluding hydrogens is 498 g/mol. The number of thiazole rings is 1. The lowest BCUT2D eigenvalue weighted by Gasteiger charge is -2.29. The zero-order valence-corrected chi connectivity index (χ0v) is 22.4. The number of hydrogen-bond acceptors (Lipinski definition) is 7. The van der Waals surface area contributed by atoms with Crippen LogP contribution in [0, 0.1) is 13.8 Å². The quantitative estimate of drug-likeness (QED) is 0.454. The third-order valence-electron chi connectivity index (χ3n) is 7.14. The Labute approximate surface area is 215 Å². The summed E-state index contributed by atoms with van der Waals surface area (Å²) >= 11 is 1.46. The van der Waals surface area contributed by atoms with Gasteiger partial charge in [-0.3, -0.25) is 9.69 Å². The lowest BCUT2D eigenvalue weighted by atomic mass is 10.1. The highest BCUT2D eigenvalue weighted by molar-refractivity contribution is 7.89. The third kappa shape index (κ3) is 4.63. The van der Waals surface area contributed by atoms with Crippen LogP contribution in [0.25, 0.3) is 10.2 Å². The van der Waals surface area contributed by atoms with E-state index in [1.807, 2.05) is 19.9 Å². The zero-order chi connectivity index (χ0) is 25.4. The number of anilines is 1. The standard InChI is InChI=1S/C26H31N3O5S2/c1-17-8-13-23-24(18(17)2)27-26(35-23)28(16-20-6-5-15-34-20)25(30)22-7-4-14-29(22)36(31,32)21-11-9-19(33-3)10-12-21/h8-13,20,22H,4-7,14-16H2,1-3H3. The lowest BCUT2D eigenvalue weighted by molar-refractivity contribution is -0.122. The van der Waals surface area contributed by atoms with E-state index < -0.39 is 16.1 Å². The van der Waals surface area contributed by atoms with Gasteiger partial charge in [-0.25, -0.2) is 13.4 Å². The number of benzene rings is 2.